The van der Waals surface area contributed by atoms with Gasteiger partial charge >= 0.3 is 5.97 Å². The molecule has 0 aliphatic carbocycles. The zero-order chi connectivity index (χ0) is 9.40. The molecule has 0 aliphatic heterocycles. The lowest BCUT2D eigenvalue weighted by atomic mass is 10.1. The molecule has 1 atom stereocenters. The van der Waals surface area contributed by atoms with Crippen LogP contribution in [0.3, 0.4) is 0 Å². The van der Waals surface area contributed by atoms with E-state index in [-0.39, 0.29) is 11.9 Å². The number of halogens is 1. The second-order valence-corrected chi connectivity index (χ2v) is 3.28. The van der Waals surface area contributed by atoms with E-state index in [0.717, 1.165) is 12.8 Å². The Kier molecular flexibility index (Phi) is 7.26. The van der Waals surface area contributed by atoms with Crippen molar-refractivity contribution in [3.8, 4) is 0 Å². The van der Waals surface area contributed by atoms with E-state index in [1.165, 1.54) is 0 Å². The Hall–Kier alpha value is -0.240. The number of esters is 1. The largest absolute Gasteiger partial charge is 0.465 e. The second kappa shape index (κ2) is 7.41. The van der Waals surface area contributed by atoms with Crippen LogP contribution < -0.4 is 0 Å². The van der Waals surface area contributed by atoms with Crippen molar-refractivity contribution in [1.82, 2.24) is 0 Å². The molecule has 1 unspecified atom stereocenters. The summed E-state index contributed by atoms with van der Waals surface area (Å²) in [5.74, 6) is 0.341. The lowest BCUT2D eigenvalue weighted by Gasteiger charge is -2.08. The lowest BCUT2D eigenvalue weighted by Crippen LogP contribution is -2.15. The number of hydrogen-bond donors (Lipinski definition) is 0. The van der Waals surface area contributed by atoms with Crippen LogP contribution in [0.15, 0.2) is 0 Å². The van der Waals surface area contributed by atoms with Gasteiger partial charge in [0.05, 0.1) is 12.5 Å². The van der Waals surface area contributed by atoms with Gasteiger partial charge in [-0.15, -0.1) is 11.6 Å². The van der Waals surface area contributed by atoms with E-state index in [0.29, 0.717) is 18.9 Å². The zero-order valence-corrected chi connectivity index (χ0v) is 8.56. The van der Waals surface area contributed by atoms with Gasteiger partial charge in [-0.2, -0.15) is 0 Å². The first-order valence-electron chi connectivity index (χ1n) is 4.45. The van der Waals surface area contributed by atoms with Crippen LogP contribution in [0.4, 0.5) is 0 Å². The molecule has 0 heterocycles. The molecule has 0 saturated carbocycles. The molecule has 0 bridgehead atoms. The van der Waals surface area contributed by atoms with Gasteiger partial charge in [0.1, 0.15) is 0 Å². The normalized spacial score (nSPS) is 12.6. The summed E-state index contributed by atoms with van der Waals surface area (Å²) in [6, 6.07) is 0. The fraction of sp³-hybridized carbons (Fsp3) is 0.889. The van der Waals surface area contributed by atoms with Crippen LogP contribution >= 0.6 is 11.6 Å². The molecule has 0 radical (unpaired) electrons. The summed E-state index contributed by atoms with van der Waals surface area (Å²) in [4.78, 5) is 11.1. The lowest BCUT2D eigenvalue weighted by molar-refractivity contribution is -0.148. The van der Waals surface area contributed by atoms with E-state index < -0.39 is 0 Å². The number of unbranched alkanes of at least 4 members (excludes halogenated alkanes) is 1. The highest BCUT2D eigenvalue weighted by Gasteiger charge is 2.12. The third-order valence-corrected chi connectivity index (χ3v) is 1.90. The fourth-order valence-corrected chi connectivity index (χ4v) is 1.07. The molecule has 2 nitrogen and oxygen atoms in total. The van der Waals surface area contributed by atoms with Gasteiger partial charge in [-0.25, -0.2) is 0 Å². The minimum Gasteiger partial charge on any atom is -0.465 e. The minimum atomic E-state index is -0.121. The summed E-state index contributed by atoms with van der Waals surface area (Å²) >= 11 is 5.49. The molecule has 12 heavy (non-hydrogen) atoms. The SMILES string of the molecule is CCCCOC(=O)C(C)CCCl. The van der Waals surface area contributed by atoms with Gasteiger partial charge in [-0.05, 0) is 12.8 Å². The smallest absolute Gasteiger partial charge is 0.308 e. The topological polar surface area (TPSA) is 26.3 Å². The van der Waals surface area contributed by atoms with Gasteiger partial charge in [0, 0.05) is 5.88 Å². The fourth-order valence-electron chi connectivity index (χ4n) is 0.741. The minimum absolute atomic E-state index is 0.0562. The van der Waals surface area contributed by atoms with E-state index in [9.17, 15) is 4.79 Å². The standard InChI is InChI=1S/C9H17ClO2/c1-3-4-7-12-9(11)8(2)5-6-10/h8H,3-7H2,1-2H3. The summed E-state index contributed by atoms with van der Waals surface area (Å²) in [6.45, 7) is 4.45. The van der Waals surface area contributed by atoms with Crippen LogP contribution in [-0.4, -0.2) is 18.5 Å². The van der Waals surface area contributed by atoms with Crippen LogP contribution in [0.2, 0.25) is 0 Å². The Balaban J connectivity index is 3.43. The molecule has 0 aromatic heterocycles. The first-order chi connectivity index (χ1) is 5.72. The van der Waals surface area contributed by atoms with E-state index in [4.69, 9.17) is 16.3 Å². The van der Waals surface area contributed by atoms with Gasteiger partial charge in [0.15, 0.2) is 0 Å². The van der Waals surface area contributed by atoms with Gasteiger partial charge in [0.2, 0.25) is 0 Å². The molecule has 0 aromatic rings. The van der Waals surface area contributed by atoms with Crippen molar-refractivity contribution >= 4 is 17.6 Å². The van der Waals surface area contributed by atoms with Crippen molar-refractivity contribution in [1.29, 1.82) is 0 Å². The number of hydrogen-bond acceptors (Lipinski definition) is 2. The van der Waals surface area contributed by atoms with E-state index in [1.807, 2.05) is 6.92 Å². The molecule has 0 rings (SSSR count). The predicted octanol–water partition coefficient (Wildman–Crippen LogP) is 2.59. The highest BCUT2D eigenvalue weighted by molar-refractivity contribution is 6.17. The van der Waals surface area contributed by atoms with E-state index in [2.05, 4.69) is 6.92 Å². The Morgan fingerprint density at radius 1 is 1.58 bits per heavy atom. The van der Waals surface area contributed by atoms with Crippen LogP contribution in [0, 0.1) is 5.92 Å². The summed E-state index contributed by atoms with van der Waals surface area (Å²) in [7, 11) is 0. The number of ether oxygens (including phenoxy) is 1. The molecule has 0 aromatic carbocycles. The quantitative estimate of drug-likeness (QED) is 0.367. The summed E-state index contributed by atoms with van der Waals surface area (Å²) in [6.07, 6.45) is 2.70. The molecule has 0 saturated heterocycles. The zero-order valence-electron chi connectivity index (χ0n) is 7.81. The Bertz CT molecular complexity index is 126. The molecule has 0 spiro atoms. The molecule has 3 heteroatoms. The van der Waals surface area contributed by atoms with Crippen molar-refractivity contribution in [3.63, 3.8) is 0 Å². The summed E-state index contributed by atoms with van der Waals surface area (Å²) in [5, 5.41) is 0. The van der Waals surface area contributed by atoms with Crippen molar-refractivity contribution in [2.75, 3.05) is 12.5 Å². The van der Waals surface area contributed by atoms with Gasteiger partial charge < -0.3 is 4.74 Å². The molecular formula is C9H17ClO2. The van der Waals surface area contributed by atoms with Crippen LogP contribution in [-0.2, 0) is 9.53 Å². The van der Waals surface area contributed by atoms with Gasteiger partial charge in [0.25, 0.3) is 0 Å². The summed E-state index contributed by atoms with van der Waals surface area (Å²) in [5.41, 5.74) is 0. The maximum absolute atomic E-state index is 11.1. The van der Waals surface area contributed by atoms with Crippen molar-refractivity contribution in [3.05, 3.63) is 0 Å². The molecule has 0 aliphatic rings. The Labute approximate surface area is 79.2 Å². The number of carbonyl (C=O) groups excluding carboxylic acids is 1. The van der Waals surface area contributed by atoms with Gasteiger partial charge in [-0.3, -0.25) is 4.79 Å². The third kappa shape index (κ3) is 5.42. The molecule has 0 amide bonds. The van der Waals surface area contributed by atoms with Crippen LogP contribution in [0.1, 0.15) is 33.1 Å². The number of carbonyl (C=O) groups is 1. The maximum atomic E-state index is 11.1. The van der Waals surface area contributed by atoms with Crippen molar-refractivity contribution in [2.45, 2.75) is 33.1 Å². The average Bonchev–Trinajstić information content (AvgIpc) is 2.05. The number of rotatable bonds is 6. The molecule has 72 valence electrons. The van der Waals surface area contributed by atoms with Crippen LogP contribution in [0.5, 0.6) is 0 Å². The Morgan fingerprint density at radius 3 is 2.75 bits per heavy atom. The van der Waals surface area contributed by atoms with Crippen molar-refractivity contribution < 1.29 is 9.53 Å². The molecule has 0 N–H and O–H groups in total. The monoisotopic (exact) mass is 192 g/mol. The van der Waals surface area contributed by atoms with Crippen LogP contribution in [0.25, 0.3) is 0 Å². The average molecular weight is 193 g/mol. The van der Waals surface area contributed by atoms with E-state index >= 15 is 0 Å². The molecular weight excluding hydrogens is 176 g/mol. The second-order valence-electron chi connectivity index (χ2n) is 2.90. The highest BCUT2D eigenvalue weighted by atomic mass is 35.5. The first-order valence-corrected chi connectivity index (χ1v) is 4.98. The number of alkyl halides is 1. The maximum Gasteiger partial charge on any atom is 0.308 e. The summed E-state index contributed by atoms with van der Waals surface area (Å²) < 4.78 is 5.00. The van der Waals surface area contributed by atoms with Gasteiger partial charge in [-0.1, -0.05) is 20.3 Å². The van der Waals surface area contributed by atoms with E-state index in [1.54, 1.807) is 0 Å². The van der Waals surface area contributed by atoms with Crippen molar-refractivity contribution in [2.24, 2.45) is 5.92 Å². The third-order valence-electron chi connectivity index (χ3n) is 1.69. The molecule has 0 fully saturated rings. The first kappa shape index (κ1) is 11.8. The Morgan fingerprint density at radius 2 is 2.25 bits per heavy atom. The predicted molar refractivity (Wildman–Crippen MR) is 50.4 cm³/mol. The highest BCUT2D eigenvalue weighted by Crippen LogP contribution is 2.06.